The van der Waals surface area contributed by atoms with Gasteiger partial charge in [-0.15, -0.1) is 0 Å². The summed E-state index contributed by atoms with van der Waals surface area (Å²) in [5, 5.41) is 0.982. The average Bonchev–Trinajstić information content (AvgIpc) is 3.23. The van der Waals surface area contributed by atoms with Crippen molar-refractivity contribution in [3.63, 3.8) is 0 Å². The summed E-state index contributed by atoms with van der Waals surface area (Å²) in [7, 11) is 0. The van der Waals surface area contributed by atoms with E-state index < -0.39 is 0 Å². The second-order valence-corrected chi connectivity index (χ2v) is 9.31. The summed E-state index contributed by atoms with van der Waals surface area (Å²) < 4.78 is 18.5. The number of benzene rings is 3. The van der Waals surface area contributed by atoms with E-state index in [2.05, 4.69) is 28.7 Å². The van der Waals surface area contributed by atoms with Gasteiger partial charge in [0.15, 0.2) is 0 Å². The molecule has 0 bridgehead atoms. The molecule has 0 aliphatic carbocycles. The highest BCUT2D eigenvalue weighted by molar-refractivity contribution is 14.1. The third-order valence-electron chi connectivity index (χ3n) is 5.18. The number of hydrogen-bond donors (Lipinski definition) is 1. The first kappa shape index (κ1) is 23.3. The van der Waals surface area contributed by atoms with Crippen LogP contribution in [0.15, 0.2) is 77.2 Å². The number of hydrogen-bond acceptors (Lipinski definition) is 5. The molecule has 33 heavy (non-hydrogen) atoms. The van der Waals surface area contributed by atoms with E-state index in [-0.39, 0.29) is 24.5 Å². The van der Waals surface area contributed by atoms with E-state index in [0.717, 1.165) is 37.0 Å². The van der Waals surface area contributed by atoms with Crippen molar-refractivity contribution >= 4 is 39.5 Å². The second kappa shape index (κ2) is 10.4. The van der Waals surface area contributed by atoms with Crippen LogP contribution in [-0.2, 0) is 22.6 Å². The number of carbonyl (C=O) groups excluding carboxylic acids is 1. The third-order valence-corrected chi connectivity index (χ3v) is 5.99. The number of carbonyl (C=O) groups is 1. The molecule has 0 spiro atoms. The summed E-state index contributed by atoms with van der Waals surface area (Å²) in [5.74, 6) is 1.13. The fourth-order valence-corrected chi connectivity index (χ4v) is 4.48. The van der Waals surface area contributed by atoms with Gasteiger partial charge in [-0.2, -0.15) is 0 Å². The van der Waals surface area contributed by atoms with Crippen molar-refractivity contribution in [1.82, 2.24) is 0 Å². The van der Waals surface area contributed by atoms with Crippen molar-refractivity contribution in [2.75, 3.05) is 0 Å². The quantitative estimate of drug-likeness (QED) is 0.208. The number of fused-ring (bicyclic) bond motifs is 1. The topological polar surface area (TPSA) is 74.7 Å². The number of nitrogens with two attached hydrogens (primary N) is 1. The van der Waals surface area contributed by atoms with Gasteiger partial charge >= 0.3 is 5.97 Å². The van der Waals surface area contributed by atoms with Gasteiger partial charge in [-0.05, 0) is 71.8 Å². The third kappa shape index (κ3) is 5.75. The summed E-state index contributed by atoms with van der Waals surface area (Å²) in [5.41, 5.74) is 10.1. The summed E-state index contributed by atoms with van der Waals surface area (Å²) >= 11 is 2.27. The van der Waals surface area contributed by atoms with Crippen molar-refractivity contribution in [2.45, 2.75) is 39.0 Å². The Bertz CT molecular complexity index is 1250. The monoisotopic (exact) mass is 555 g/mol. The Morgan fingerprint density at radius 1 is 1.03 bits per heavy atom. The van der Waals surface area contributed by atoms with Crippen molar-refractivity contribution in [3.05, 3.63) is 98.8 Å². The lowest BCUT2D eigenvalue weighted by atomic mass is 10.1. The molecule has 0 saturated heterocycles. The van der Waals surface area contributed by atoms with Crippen LogP contribution in [0.5, 0.6) is 5.75 Å². The maximum absolute atomic E-state index is 12.1. The van der Waals surface area contributed by atoms with E-state index in [1.807, 2.05) is 80.6 Å². The highest BCUT2D eigenvalue weighted by Crippen LogP contribution is 2.31. The van der Waals surface area contributed by atoms with Crippen LogP contribution in [0, 0.1) is 3.57 Å². The molecule has 0 aliphatic heterocycles. The Morgan fingerprint density at radius 2 is 1.76 bits per heavy atom. The van der Waals surface area contributed by atoms with Crippen molar-refractivity contribution in [3.8, 4) is 5.75 Å². The van der Waals surface area contributed by atoms with E-state index in [4.69, 9.17) is 19.6 Å². The lowest BCUT2D eigenvalue weighted by Gasteiger charge is -2.13. The molecule has 2 N–H and O–H groups in total. The van der Waals surface area contributed by atoms with Gasteiger partial charge in [-0.25, -0.2) is 0 Å². The van der Waals surface area contributed by atoms with Gasteiger partial charge in [0.25, 0.3) is 0 Å². The summed E-state index contributed by atoms with van der Waals surface area (Å²) in [4.78, 5) is 12.1. The number of rotatable bonds is 8. The van der Waals surface area contributed by atoms with E-state index in [1.54, 1.807) is 0 Å². The number of halogens is 1. The van der Waals surface area contributed by atoms with Crippen molar-refractivity contribution < 1.29 is 18.7 Å². The predicted octanol–water partition coefficient (Wildman–Crippen LogP) is 6.16. The van der Waals surface area contributed by atoms with Gasteiger partial charge in [0.1, 0.15) is 23.7 Å². The highest BCUT2D eigenvalue weighted by atomic mass is 127. The summed E-state index contributed by atoms with van der Waals surface area (Å²) in [6, 6.07) is 23.2. The Labute approximate surface area is 207 Å². The van der Waals surface area contributed by atoms with Crippen LogP contribution in [0.3, 0.4) is 0 Å². The first-order valence-corrected chi connectivity index (χ1v) is 11.9. The molecule has 0 saturated carbocycles. The van der Waals surface area contributed by atoms with Crippen LogP contribution >= 0.6 is 22.6 Å². The second-order valence-electron chi connectivity index (χ2n) is 8.14. The number of ether oxygens (including phenoxy) is 2. The normalized spacial score (nSPS) is 12.2. The smallest absolute Gasteiger partial charge is 0.310 e. The van der Waals surface area contributed by atoms with E-state index in [1.165, 1.54) is 0 Å². The maximum atomic E-state index is 12.1. The lowest BCUT2D eigenvalue weighted by molar-refractivity contribution is -0.146. The van der Waals surface area contributed by atoms with Crippen LogP contribution in [0.2, 0.25) is 0 Å². The number of furan rings is 1. The maximum Gasteiger partial charge on any atom is 0.310 e. The van der Waals surface area contributed by atoms with E-state index in [9.17, 15) is 4.79 Å². The molecule has 3 aromatic carbocycles. The van der Waals surface area contributed by atoms with Gasteiger partial charge in [-0.1, -0.05) is 48.5 Å². The molecule has 0 amide bonds. The molecule has 1 atom stereocenters. The Morgan fingerprint density at radius 3 is 2.52 bits per heavy atom. The van der Waals surface area contributed by atoms with Gasteiger partial charge in [0.05, 0.1) is 22.1 Å². The first-order chi connectivity index (χ1) is 15.9. The molecular weight excluding hydrogens is 529 g/mol. The SMILES string of the molecule is CC(C)OC(=O)Cc1ccccc1OCc1cc(I)c2oc(C(N)c3ccccc3)cc2c1. The van der Waals surface area contributed by atoms with Gasteiger partial charge in [-0.3, -0.25) is 4.79 Å². The lowest BCUT2D eigenvalue weighted by Crippen LogP contribution is -2.14. The molecule has 0 aliphatic rings. The molecule has 1 heterocycles. The Kier molecular flexibility index (Phi) is 7.35. The van der Waals surface area contributed by atoms with Gasteiger partial charge < -0.3 is 19.6 Å². The van der Waals surface area contributed by atoms with Crippen LogP contribution in [0.1, 0.15) is 42.3 Å². The minimum absolute atomic E-state index is 0.144. The van der Waals surface area contributed by atoms with Crippen LogP contribution in [0.4, 0.5) is 0 Å². The molecule has 1 aromatic heterocycles. The Balaban J connectivity index is 1.52. The predicted molar refractivity (Wildman–Crippen MR) is 137 cm³/mol. The van der Waals surface area contributed by atoms with Crippen molar-refractivity contribution in [1.29, 1.82) is 0 Å². The Hall–Kier alpha value is -2.84. The molecule has 5 nitrogen and oxygen atoms in total. The average molecular weight is 555 g/mol. The first-order valence-electron chi connectivity index (χ1n) is 10.8. The summed E-state index contributed by atoms with van der Waals surface area (Å²) in [6.07, 6.45) is 0.0298. The number of esters is 1. The molecule has 0 fully saturated rings. The molecule has 0 radical (unpaired) electrons. The van der Waals surface area contributed by atoms with E-state index in [0.29, 0.717) is 12.4 Å². The fourth-order valence-electron chi connectivity index (χ4n) is 3.66. The molecule has 170 valence electrons. The summed E-state index contributed by atoms with van der Waals surface area (Å²) in [6.45, 7) is 4.05. The largest absolute Gasteiger partial charge is 0.489 e. The minimum atomic E-state index is -0.327. The number of para-hydroxylation sites is 1. The molecule has 4 rings (SSSR count). The molecular formula is C27H26INO4. The zero-order valence-electron chi connectivity index (χ0n) is 18.6. The van der Waals surface area contributed by atoms with Gasteiger partial charge in [0, 0.05) is 10.9 Å². The van der Waals surface area contributed by atoms with Crippen LogP contribution in [0.25, 0.3) is 11.0 Å². The van der Waals surface area contributed by atoms with Crippen LogP contribution in [-0.4, -0.2) is 12.1 Å². The molecule has 1 unspecified atom stereocenters. The molecule has 6 heteroatoms. The van der Waals surface area contributed by atoms with Crippen LogP contribution < -0.4 is 10.5 Å². The zero-order valence-corrected chi connectivity index (χ0v) is 20.7. The zero-order chi connectivity index (χ0) is 23.4. The van der Waals surface area contributed by atoms with Crippen molar-refractivity contribution in [2.24, 2.45) is 5.73 Å². The molecule has 4 aromatic rings. The van der Waals surface area contributed by atoms with E-state index >= 15 is 0 Å². The highest BCUT2D eigenvalue weighted by Gasteiger charge is 2.17. The standard InChI is InChI=1S/C27H26INO4/c1-17(2)32-25(30)15-20-10-6-7-11-23(20)31-16-18-12-21-14-24(33-27(21)22(28)13-18)26(29)19-8-4-3-5-9-19/h3-14,17,26H,15-16,29H2,1-2H3. The van der Waals surface area contributed by atoms with Gasteiger partial charge in [0.2, 0.25) is 0 Å². The minimum Gasteiger partial charge on any atom is -0.489 e. The fraction of sp³-hybridized carbons (Fsp3) is 0.222.